The minimum absolute atomic E-state index is 0.0761. The monoisotopic (exact) mass is 807 g/mol. The molecule has 15 heteroatoms. The van der Waals surface area contributed by atoms with Crippen LogP contribution in [-0.2, 0) is 33.5 Å². The maximum atomic E-state index is 13.1. The number of aromatic nitrogens is 5. The van der Waals surface area contributed by atoms with Crippen molar-refractivity contribution >= 4 is 60.3 Å². The Bertz CT molecular complexity index is 3120. The van der Waals surface area contributed by atoms with E-state index in [-0.39, 0.29) is 59.5 Å². The third-order valence-electron chi connectivity index (χ3n) is 11.3. The number of piperidine rings is 1. The molecule has 2 aliphatic heterocycles. The zero-order valence-electron chi connectivity index (χ0n) is 32.1. The van der Waals surface area contributed by atoms with Crippen LogP contribution in [0.25, 0.3) is 55.3 Å². The first-order chi connectivity index (χ1) is 28.4. The van der Waals surface area contributed by atoms with Crippen LogP contribution in [0.5, 0.6) is 0 Å². The van der Waals surface area contributed by atoms with E-state index in [2.05, 4.69) is 27.5 Å². The number of imidazole rings is 1. The Hall–Kier alpha value is -6.92. The summed E-state index contributed by atoms with van der Waals surface area (Å²) in [4.78, 5) is 64.3. The summed E-state index contributed by atoms with van der Waals surface area (Å²) in [6, 6.07) is 18.6. The number of sulfone groups is 1. The Morgan fingerprint density at radius 2 is 1.76 bits per heavy atom. The van der Waals surface area contributed by atoms with Crippen molar-refractivity contribution < 1.29 is 27.2 Å². The Morgan fingerprint density at radius 3 is 2.54 bits per heavy atom. The number of benzene rings is 2. The third-order valence-corrected chi connectivity index (χ3v) is 13.0. The number of furan rings is 1. The maximum absolute atomic E-state index is 13.1. The number of nitrogens with one attached hydrogen (secondary N) is 2. The van der Waals surface area contributed by atoms with Gasteiger partial charge >= 0.3 is 5.69 Å². The molecule has 0 bridgehead atoms. The van der Waals surface area contributed by atoms with Gasteiger partial charge in [-0.2, -0.15) is 0 Å². The largest absolute Gasteiger partial charge is 0.464 e. The summed E-state index contributed by atoms with van der Waals surface area (Å²) in [6.45, 7) is 0.0761. The van der Waals surface area contributed by atoms with E-state index < -0.39 is 15.8 Å². The Balaban J connectivity index is 0.911. The molecule has 5 aromatic heterocycles. The van der Waals surface area contributed by atoms with Gasteiger partial charge in [-0.25, -0.2) is 13.2 Å². The van der Waals surface area contributed by atoms with E-state index in [1.54, 1.807) is 66.2 Å². The summed E-state index contributed by atoms with van der Waals surface area (Å²) in [7, 11) is 0.354. The van der Waals surface area contributed by atoms with Crippen LogP contribution in [0.1, 0.15) is 64.8 Å². The number of hydrogen-bond donors (Lipinski definition) is 2. The summed E-state index contributed by atoms with van der Waals surface area (Å²) in [6.07, 6.45) is 6.50. The molecule has 2 aliphatic rings. The van der Waals surface area contributed by atoms with Crippen LogP contribution >= 0.6 is 0 Å². The molecule has 0 aliphatic carbocycles. The second-order valence-corrected chi connectivity index (χ2v) is 17.3. The smallest absolute Gasteiger partial charge is 0.328 e. The summed E-state index contributed by atoms with van der Waals surface area (Å²) in [5, 5.41) is 7.68. The summed E-state index contributed by atoms with van der Waals surface area (Å²) in [5.41, 5.74) is 7.09. The molecule has 59 heavy (non-hydrogen) atoms. The van der Waals surface area contributed by atoms with Crippen molar-refractivity contribution in [2.24, 2.45) is 14.1 Å². The maximum Gasteiger partial charge on any atom is 0.328 e. The molecular formula is C44H37N7O7S. The molecule has 3 amide bonds. The number of rotatable bonds is 6. The zero-order chi connectivity index (χ0) is 41.0. The highest BCUT2D eigenvalue weighted by Gasteiger charge is 2.31. The van der Waals surface area contributed by atoms with Gasteiger partial charge in [0.1, 0.15) is 21.1 Å². The molecule has 1 unspecified atom stereocenters. The van der Waals surface area contributed by atoms with E-state index in [4.69, 9.17) is 14.4 Å². The van der Waals surface area contributed by atoms with Crippen LogP contribution in [0, 0.1) is 11.8 Å². The molecule has 0 saturated carbocycles. The van der Waals surface area contributed by atoms with E-state index in [0.29, 0.717) is 52.9 Å². The molecule has 0 radical (unpaired) electrons. The summed E-state index contributed by atoms with van der Waals surface area (Å²) < 4.78 is 33.4. The standard InChI is InChI=1S/C44H37N7O7S/c1-50-37-21-36(48-40(41(37)51(2)44(50)55)26-14-17-59(56,57)18-15-26)29-7-3-6-27-20-35(47-23-32(27)29)28-9-11-34(46-22-28)43(54)45-16-4-5-25-8-12-38-31(19-25)33(24-58-38)30-10-13-39(52)49-42(30)53/h3,6-9,11-12,19-24,26,30H,10,13-18H2,1-2H3,(H,45,54)(H,49,52,53). The second kappa shape index (κ2) is 14.8. The lowest BCUT2D eigenvalue weighted by atomic mass is 9.90. The molecule has 1 atom stereocenters. The minimum Gasteiger partial charge on any atom is -0.464 e. The lowest BCUT2D eigenvalue weighted by Gasteiger charge is -2.23. The van der Waals surface area contributed by atoms with Gasteiger partial charge in [0.15, 0.2) is 0 Å². The van der Waals surface area contributed by atoms with Gasteiger partial charge in [0.25, 0.3) is 5.91 Å². The molecule has 2 saturated heterocycles. The lowest BCUT2D eigenvalue weighted by Crippen LogP contribution is -2.39. The van der Waals surface area contributed by atoms with Crippen molar-refractivity contribution in [2.45, 2.75) is 37.5 Å². The topological polar surface area (TPSA) is 188 Å². The minimum atomic E-state index is -3.09. The van der Waals surface area contributed by atoms with Gasteiger partial charge < -0.3 is 9.73 Å². The number of carbonyl (C=O) groups is 3. The number of amides is 3. The van der Waals surface area contributed by atoms with E-state index >= 15 is 0 Å². The van der Waals surface area contributed by atoms with Gasteiger partial charge in [-0.05, 0) is 67.1 Å². The molecule has 0 spiro atoms. The van der Waals surface area contributed by atoms with Crippen molar-refractivity contribution in [1.29, 1.82) is 0 Å². The van der Waals surface area contributed by atoms with E-state index in [9.17, 15) is 27.6 Å². The zero-order valence-corrected chi connectivity index (χ0v) is 32.9. The van der Waals surface area contributed by atoms with Crippen LogP contribution in [0.4, 0.5) is 0 Å². The molecule has 2 aromatic carbocycles. The van der Waals surface area contributed by atoms with Crippen LogP contribution < -0.4 is 16.3 Å². The van der Waals surface area contributed by atoms with Crippen molar-refractivity contribution in [3.8, 4) is 34.4 Å². The summed E-state index contributed by atoms with van der Waals surface area (Å²) in [5.74, 6) is 4.60. The van der Waals surface area contributed by atoms with Gasteiger partial charge in [-0.15, -0.1) is 0 Å². The second-order valence-electron chi connectivity index (χ2n) is 15.0. The Morgan fingerprint density at radius 1 is 0.932 bits per heavy atom. The highest BCUT2D eigenvalue weighted by Crippen LogP contribution is 2.37. The van der Waals surface area contributed by atoms with Crippen LogP contribution in [0.15, 0.2) is 88.5 Å². The van der Waals surface area contributed by atoms with Crippen LogP contribution in [-0.4, -0.2) is 68.3 Å². The first kappa shape index (κ1) is 37.6. The lowest BCUT2D eigenvalue weighted by molar-refractivity contribution is -0.134. The molecule has 14 nitrogen and oxygen atoms in total. The fourth-order valence-electron chi connectivity index (χ4n) is 8.13. The number of imide groups is 1. The van der Waals surface area contributed by atoms with Gasteiger partial charge in [0.2, 0.25) is 11.8 Å². The fourth-order valence-corrected chi connectivity index (χ4v) is 9.63. The summed E-state index contributed by atoms with van der Waals surface area (Å²) >= 11 is 0. The number of nitrogens with zero attached hydrogens (tertiary/aromatic N) is 5. The number of fused-ring (bicyclic) bond motifs is 3. The molecule has 2 N–H and O–H groups in total. The van der Waals surface area contributed by atoms with E-state index in [1.165, 1.54) is 0 Å². The van der Waals surface area contributed by atoms with E-state index in [1.807, 2.05) is 36.4 Å². The number of aryl methyl sites for hydroxylation is 2. The van der Waals surface area contributed by atoms with Crippen LogP contribution in [0.3, 0.4) is 0 Å². The van der Waals surface area contributed by atoms with Crippen molar-refractivity contribution in [2.75, 3.05) is 18.1 Å². The predicted octanol–water partition coefficient (Wildman–Crippen LogP) is 4.89. The SMILES string of the molecule is Cn1c(=O)n(C)c2c(C3CCS(=O)(=O)CC3)nc(-c3cccc4cc(-c5ccc(C(=O)NCC#Cc6ccc7occ(C8CCC(=O)NC8=O)c7c6)nc5)ncc34)cc21. The average molecular weight is 808 g/mol. The number of carbonyl (C=O) groups excluding carboxylic acids is 3. The number of hydrogen-bond acceptors (Lipinski definition) is 10. The third kappa shape index (κ3) is 7.05. The molecule has 2 fully saturated rings. The van der Waals surface area contributed by atoms with Crippen molar-refractivity contribution in [3.05, 3.63) is 112 Å². The molecule has 7 heterocycles. The van der Waals surface area contributed by atoms with E-state index in [0.717, 1.165) is 38.4 Å². The first-order valence-electron chi connectivity index (χ1n) is 19.2. The molecule has 296 valence electrons. The van der Waals surface area contributed by atoms with Crippen molar-refractivity contribution in [3.63, 3.8) is 0 Å². The highest BCUT2D eigenvalue weighted by molar-refractivity contribution is 7.91. The van der Waals surface area contributed by atoms with Gasteiger partial charge in [-0.3, -0.25) is 43.8 Å². The van der Waals surface area contributed by atoms with Gasteiger partial charge in [0.05, 0.1) is 58.3 Å². The Kier molecular flexibility index (Phi) is 9.43. The fraction of sp³-hybridized carbons (Fsp3) is 0.250. The average Bonchev–Trinajstić information content (AvgIpc) is 3.75. The quantitative estimate of drug-likeness (QED) is 0.173. The highest BCUT2D eigenvalue weighted by atomic mass is 32.2. The van der Waals surface area contributed by atoms with Crippen molar-refractivity contribution in [1.82, 2.24) is 34.7 Å². The van der Waals surface area contributed by atoms with Crippen LogP contribution in [0.2, 0.25) is 0 Å². The predicted molar refractivity (Wildman–Crippen MR) is 221 cm³/mol. The first-order valence-corrected chi connectivity index (χ1v) is 21.0. The van der Waals surface area contributed by atoms with Gasteiger partial charge in [-0.1, -0.05) is 30.0 Å². The molecular weight excluding hydrogens is 771 g/mol. The Labute approximate surface area is 337 Å². The normalized spacial score (nSPS) is 16.9. The van der Waals surface area contributed by atoms with Gasteiger partial charge in [0, 0.05) is 71.9 Å². The number of pyridine rings is 3. The molecule has 9 rings (SSSR count). The molecule has 7 aromatic rings.